The number of hydrogen-bond donors (Lipinski definition) is 1. The Kier molecular flexibility index (Phi) is 10.6. The van der Waals surface area contributed by atoms with Crippen LogP contribution in [0, 0.1) is 13.8 Å². The van der Waals surface area contributed by atoms with E-state index >= 15 is 0 Å². The van der Waals surface area contributed by atoms with Crippen LogP contribution in [0.15, 0.2) is 71.6 Å². The quantitative estimate of drug-likeness (QED) is 0.285. The van der Waals surface area contributed by atoms with Crippen molar-refractivity contribution in [2.45, 2.75) is 64.6 Å². The normalized spacial score (nSPS) is 12.2. The van der Waals surface area contributed by atoms with Crippen molar-refractivity contribution in [2.24, 2.45) is 0 Å². The maximum Gasteiger partial charge on any atom is 0.264 e. The molecule has 3 rings (SSSR count). The topological polar surface area (TPSA) is 86.8 Å². The van der Waals surface area contributed by atoms with Gasteiger partial charge in [0, 0.05) is 22.6 Å². The van der Waals surface area contributed by atoms with Crippen molar-refractivity contribution in [2.75, 3.05) is 10.8 Å². The molecule has 1 unspecified atom stereocenters. The maximum atomic E-state index is 14.1. The van der Waals surface area contributed by atoms with E-state index in [0.29, 0.717) is 27.7 Å². The van der Waals surface area contributed by atoms with Gasteiger partial charge in [-0.2, -0.15) is 0 Å². The SMILES string of the molecule is CCC(C(=O)NC(C)C)N(Cc1ccccc1Cl)C(=O)CN(c1ccc(C)c(C)c1)S(=O)(=O)c1ccc(Cl)cc1. The first-order chi connectivity index (χ1) is 18.8. The Hall–Kier alpha value is -3.07. The van der Waals surface area contributed by atoms with Gasteiger partial charge in [0.25, 0.3) is 10.0 Å². The van der Waals surface area contributed by atoms with E-state index in [4.69, 9.17) is 23.2 Å². The van der Waals surface area contributed by atoms with E-state index in [1.807, 2.05) is 40.7 Å². The Balaban J connectivity index is 2.10. The Morgan fingerprint density at radius 1 is 0.925 bits per heavy atom. The smallest absolute Gasteiger partial charge is 0.264 e. The van der Waals surface area contributed by atoms with E-state index in [9.17, 15) is 18.0 Å². The van der Waals surface area contributed by atoms with Crippen LogP contribution in [0.25, 0.3) is 0 Å². The molecule has 0 saturated heterocycles. The lowest BCUT2D eigenvalue weighted by molar-refractivity contribution is -0.140. The van der Waals surface area contributed by atoms with Crippen molar-refractivity contribution in [1.29, 1.82) is 0 Å². The molecule has 40 heavy (non-hydrogen) atoms. The van der Waals surface area contributed by atoms with Crippen LogP contribution in [0.2, 0.25) is 10.0 Å². The Morgan fingerprint density at radius 2 is 1.57 bits per heavy atom. The molecule has 1 atom stereocenters. The average molecular weight is 605 g/mol. The molecule has 0 radical (unpaired) electrons. The molecular weight excluding hydrogens is 569 g/mol. The molecule has 214 valence electrons. The van der Waals surface area contributed by atoms with E-state index in [0.717, 1.165) is 15.4 Å². The minimum atomic E-state index is -4.18. The van der Waals surface area contributed by atoms with Crippen molar-refractivity contribution in [3.63, 3.8) is 0 Å². The zero-order valence-corrected chi connectivity index (χ0v) is 25.6. The first kappa shape index (κ1) is 31.5. The second-order valence-electron chi connectivity index (χ2n) is 9.93. The van der Waals surface area contributed by atoms with Crippen molar-refractivity contribution in [1.82, 2.24) is 10.2 Å². The summed E-state index contributed by atoms with van der Waals surface area (Å²) in [4.78, 5) is 28.7. The number of aryl methyl sites for hydroxylation is 2. The van der Waals surface area contributed by atoms with Crippen LogP contribution in [-0.2, 0) is 26.2 Å². The third-order valence-electron chi connectivity index (χ3n) is 6.57. The highest BCUT2D eigenvalue weighted by atomic mass is 35.5. The largest absolute Gasteiger partial charge is 0.352 e. The number of anilines is 1. The molecule has 0 aromatic heterocycles. The van der Waals surface area contributed by atoms with Gasteiger partial charge in [-0.15, -0.1) is 0 Å². The van der Waals surface area contributed by atoms with Gasteiger partial charge in [-0.25, -0.2) is 8.42 Å². The molecule has 0 saturated carbocycles. The summed E-state index contributed by atoms with van der Waals surface area (Å²) in [5, 5.41) is 3.71. The Morgan fingerprint density at radius 3 is 2.15 bits per heavy atom. The van der Waals surface area contributed by atoms with E-state index in [-0.39, 0.29) is 23.4 Å². The lowest BCUT2D eigenvalue weighted by Gasteiger charge is -2.34. The third kappa shape index (κ3) is 7.56. The number of halogens is 2. The number of amides is 2. The van der Waals surface area contributed by atoms with Crippen LogP contribution in [0.1, 0.15) is 43.9 Å². The van der Waals surface area contributed by atoms with Crippen LogP contribution >= 0.6 is 23.2 Å². The van der Waals surface area contributed by atoms with Gasteiger partial charge in [0.05, 0.1) is 10.6 Å². The van der Waals surface area contributed by atoms with Gasteiger partial charge in [-0.3, -0.25) is 13.9 Å². The molecule has 10 heteroatoms. The molecule has 0 bridgehead atoms. The van der Waals surface area contributed by atoms with Crippen molar-refractivity contribution in [3.05, 3.63) is 93.5 Å². The lowest BCUT2D eigenvalue weighted by atomic mass is 10.1. The number of nitrogens with one attached hydrogen (secondary N) is 1. The number of benzene rings is 3. The van der Waals surface area contributed by atoms with Crippen LogP contribution in [0.5, 0.6) is 0 Å². The Labute approximate surface area is 247 Å². The second kappa shape index (κ2) is 13.5. The monoisotopic (exact) mass is 603 g/mol. The summed E-state index contributed by atoms with van der Waals surface area (Å²) >= 11 is 12.4. The summed E-state index contributed by atoms with van der Waals surface area (Å²) in [6.45, 7) is 8.79. The summed E-state index contributed by atoms with van der Waals surface area (Å²) < 4.78 is 29.0. The van der Waals surface area contributed by atoms with Gasteiger partial charge in [0.15, 0.2) is 0 Å². The first-order valence-electron chi connectivity index (χ1n) is 13.0. The molecule has 0 aliphatic rings. The molecule has 3 aromatic rings. The lowest BCUT2D eigenvalue weighted by Crippen LogP contribution is -2.53. The van der Waals surface area contributed by atoms with Crippen LogP contribution in [-0.4, -0.2) is 43.8 Å². The van der Waals surface area contributed by atoms with Crippen LogP contribution in [0.3, 0.4) is 0 Å². The standard InChI is InChI=1S/C30H35Cl2N3O4S/c1-6-28(30(37)33-20(2)3)34(18-23-9-7-8-10-27(23)32)29(36)19-35(25-14-11-21(4)22(5)17-25)40(38,39)26-15-12-24(31)13-16-26/h7-17,20,28H,6,18-19H2,1-5H3,(H,33,37). The van der Waals surface area contributed by atoms with Gasteiger partial charge in [-0.05, 0) is 93.3 Å². The van der Waals surface area contributed by atoms with E-state index in [1.165, 1.54) is 29.2 Å². The fourth-order valence-electron chi connectivity index (χ4n) is 4.25. The molecule has 0 aliphatic carbocycles. The molecule has 7 nitrogen and oxygen atoms in total. The molecule has 0 spiro atoms. The Bertz CT molecular complexity index is 1460. The fourth-order valence-corrected chi connectivity index (χ4v) is 5.98. The third-order valence-corrected chi connectivity index (χ3v) is 8.98. The molecule has 2 amide bonds. The maximum absolute atomic E-state index is 14.1. The summed E-state index contributed by atoms with van der Waals surface area (Å²) in [7, 11) is -4.18. The summed E-state index contributed by atoms with van der Waals surface area (Å²) in [5.74, 6) is -0.863. The van der Waals surface area contributed by atoms with Gasteiger partial charge >= 0.3 is 0 Å². The fraction of sp³-hybridized carbons (Fsp3) is 0.333. The van der Waals surface area contributed by atoms with Gasteiger partial charge < -0.3 is 10.2 Å². The number of sulfonamides is 1. The highest BCUT2D eigenvalue weighted by molar-refractivity contribution is 7.92. The van der Waals surface area contributed by atoms with Gasteiger partial charge in [0.1, 0.15) is 12.6 Å². The average Bonchev–Trinajstić information content (AvgIpc) is 2.89. The minimum Gasteiger partial charge on any atom is -0.352 e. The molecule has 1 N–H and O–H groups in total. The van der Waals surface area contributed by atoms with Crippen LogP contribution in [0.4, 0.5) is 5.69 Å². The number of nitrogens with zero attached hydrogens (tertiary/aromatic N) is 2. The van der Waals surface area contributed by atoms with E-state index < -0.39 is 28.5 Å². The van der Waals surface area contributed by atoms with E-state index in [1.54, 1.807) is 36.4 Å². The number of rotatable bonds is 11. The zero-order valence-electron chi connectivity index (χ0n) is 23.3. The number of carbonyl (C=O) groups is 2. The predicted molar refractivity (Wildman–Crippen MR) is 161 cm³/mol. The van der Waals surface area contributed by atoms with Crippen molar-refractivity contribution in [3.8, 4) is 0 Å². The molecule has 0 aliphatic heterocycles. The zero-order chi connectivity index (χ0) is 29.6. The summed E-state index contributed by atoms with van der Waals surface area (Å²) in [5.41, 5.74) is 2.84. The molecule has 0 heterocycles. The summed E-state index contributed by atoms with van der Waals surface area (Å²) in [6, 6.07) is 17.1. The second-order valence-corrected chi connectivity index (χ2v) is 12.6. The molecular formula is C30H35Cl2N3O4S. The predicted octanol–water partition coefficient (Wildman–Crippen LogP) is 6.14. The first-order valence-corrected chi connectivity index (χ1v) is 15.2. The number of carbonyl (C=O) groups excluding carboxylic acids is 2. The van der Waals surface area contributed by atoms with Gasteiger partial charge in [0.2, 0.25) is 11.8 Å². The van der Waals surface area contributed by atoms with Crippen LogP contribution < -0.4 is 9.62 Å². The summed E-state index contributed by atoms with van der Waals surface area (Å²) in [6.07, 6.45) is 0.322. The van der Waals surface area contributed by atoms with Crippen molar-refractivity contribution < 1.29 is 18.0 Å². The van der Waals surface area contributed by atoms with Gasteiger partial charge in [-0.1, -0.05) is 54.4 Å². The van der Waals surface area contributed by atoms with Crippen molar-refractivity contribution >= 4 is 50.7 Å². The molecule has 0 fully saturated rings. The van der Waals surface area contributed by atoms with E-state index in [2.05, 4.69) is 5.32 Å². The highest BCUT2D eigenvalue weighted by Crippen LogP contribution is 2.28. The molecule has 3 aromatic carbocycles. The number of hydrogen-bond acceptors (Lipinski definition) is 4. The minimum absolute atomic E-state index is 0.00910. The highest BCUT2D eigenvalue weighted by Gasteiger charge is 2.34.